The van der Waals surface area contributed by atoms with Gasteiger partial charge >= 0.3 is 0 Å². The third-order valence-corrected chi connectivity index (χ3v) is 5.30. The van der Waals surface area contributed by atoms with E-state index in [1.165, 1.54) is 25.7 Å². The molecule has 3 aromatic heterocycles. The molecule has 136 valence electrons. The Morgan fingerprint density at radius 2 is 1.85 bits per heavy atom. The van der Waals surface area contributed by atoms with Crippen molar-refractivity contribution in [2.24, 2.45) is 0 Å². The number of aryl methyl sites for hydroxylation is 4. The van der Waals surface area contributed by atoms with E-state index in [2.05, 4.69) is 19.7 Å². The summed E-state index contributed by atoms with van der Waals surface area (Å²) in [6, 6.07) is 0.538. The highest BCUT2D eigenvalue weighted by Crippen LogP contribution is 2.36. The van der Waals surface area contributed by atoms with Crippen LogP contribution in [0.15, 0.2) is 6.20 Å². The first-order valence-corrected chi connectivity index (χ1v) is 9.57. The normalized spacial score (nSPS) is 17.5. The first-order chi connectivity index (χ1) is 12.7. The minimum absolute atomic E-state index is 0.538. The van der Waals surface area contributed by atoms with Gasteiger partial charge < -0.3 is 4.90 Å². The van der Waals surface area contributed by atoms with E-state index in [-0.39, 0.29) is 0 Å². The summed E-state index contributed by atoms with van der Waals surface area (Å²) in [5.41, 5.74) is 1.95. The molecule has 8 nitrogen and oxygen atoms in total. The molecule has 0 atom stereocenters. The third kappa shape index (κ3) is 2.73. The molecule has 0 unspecified atom stereocenters. The summed E-state index contributed by atoms with van der Waals surface area (Å²) >= 11 is 0. The molecule has 2 fully saturated rings. The maximum absolute atomic E-state index is 4.86. The van der Waals surface area contributed by atoms with E-state index in [4.69, 9.17) is 15.1 Å². The summed E-state index contributed by atoms with van der Waals surface area (Å²) in [5, 5.41) is 9.45. The molecule has 0 spiro atoms. The van der Waals surface area contributed by atoms with Crippen LogP contribution in [-0.4, -0.2) is 47.4 Å². The summed E-state index contributed by atoms with van der Waals surface area (Å²) < 4.78 is 3.99. The Kier molecular flexibility index (Phi) is 3.65. The van der Waals surface area contributed by atoms with Gasteiger partial charge in [-0.2, -0.15) is 9.50 Å². The summed E-state index contributed by atoms with van der Waals surface area (Å²) in [6.45, 7) is 6.13. The molecule has 26 heavy (non-hydrogen) atoms. The smallest absolute Gasteiger partial charge is 0.244 e. The van der Waals surface area contributed by atoms with Crippen LogP contribution in [0, 0.1) is 13.8 Å². The molecule has 1 aliphatic carbocycles. The first kappa shape index (κ1) is 15.7. The van der Waals surface area contributed by atoms with Gasteiger partial charge in [0.2, 0.25) is 5.95 Å². The van der Waals surface area contributed by atoms with Crippen LogP contribution in [0.5, 0.6) is 0 Å². The molecule has 0 aromatic carbocycles. The second-order valence-electron chi connectivity index (χ2n) is 7.45. The minimum Gasteiger partial charge on any atom is -0.340 e. The van der Waals surface area contributed by atoms with Crippen molar-refractivity contribution in [3.63, 3.8) is 0 Å². The third-order valence-electron chi connectivity index (χ3n) is 5.30. The summed E-state index contributed by atoms with van der Waals surface area (Å²) in [7, 11) is 0. The van der Waals surface area contributed by atoms with Crippen molar-refractivity contribution < 1.29 is 0 Å². The molecule has 0 radical (unpaired) electrons. The Hall–Kier alpha value is -2.51. The van der Waals surface area contributed by atoms with Gasteiger partial charge in [0.05, 0.1) is 6.04 Å². The Morgan fingerprint density at radius 1 is 1.04 bits per heavy atom. The van der Waals surface area contributed by atoms with Crippen LogP contribution >= 0.6 is 0 Å². The van der Waals surface area contributed by atoms with Gasteiger partial charge in [0, 0.05) is 37.7 Å². The van der Waals surface area contributed by atoms with Crippen molar-refractivity contribution in [1.29, 1.82) is 0 Å². The van der Waals surface area contributed by atoms with Crippen molar-refractivity contribution in [3.05, 3.63) is 29.2 Å². The summed E-state index contributed by atoms with van der Waals surface area (Å²) in [6.07, 6.45) is 8.36. The van der Waals surface area contributed by atoms with Gasteiger partial charge in [0.1, 0.15) is 11.6 Å². The van der Waals surface area contributed by atoms with Crippen LogP contribution in [0.2, 0.25) is 0 Å². The van der Waals surface area contributed by atoms with Gasteiger partial charge in [-0.05, 0) is 39.5 Å². The lowest BCUT2D eigenvalue weighted by Crippen LogP contribution is -2.19. The minimum atomic E-state index is 0.538. The Balaban J connectivity index is 1.39. The highest BCUT2D eigenvalue weighted by atomic mass is 15.4. The molecule has 3 aromatic rings. The molecule has 0 N–H and O–H groups in total. The molecule has 0 bridgehead atoms. The lowest BCUT2D eigenvalue weighted by Gasteiger charge is -2.10. The van der Waals surface area contributed by atoms with Crippen LogP contribution in [-0.2, 0) is 12.8 Å². The SMILES string of the molecule is Cc1cnc(C)n2nc(CCc3nc(N4CCCC4)nn3C3CC3)nc12. The van der Waals surface area contributed by atoms with Gasteiger partial charge in [-0.1, -0.05) is 0 Å². The van der Waals surface area contributed by atoms with Crippen molar-refractivity contribution in [2.45, 2.75) is 58.4 Å². The van der Waals surface area contributed by atoms with Crippen LogP contribution in [0.25, 0.3) is 5.65 Å². The predicted octanol–water partition coefficient (Wildman–Crippen LogP) is 2.05. The highest BCUT2D eigenvalue weighted by molar-refractivity contribution is 5.45. The second-order valence-corrected chi connectivity index (χ2v) is 7.45. The molecule has 2 aliphatic rings. The van der Waals surface area contributed by atoms with Gasteiger partial charge in [0.15, 0.2) is 11.5 Å². The van der Waals surface area contributed by atoms with Gasteiger partial charge in [-0.3, -0.25) is 0 Å². The number of rotatable bonds is 5. The largest absolute Gasteiger partial charge is 0.340 e. The molecule has 5 rings (SSSR count). The maximum Gasteiger partial charge on any atom is 0.244 e. The second kappa shape index (κ2) is 6.03. The lowest BCUT2D eigenvalue weighted by molar-refractivity contribution is 0.592. The van der Waals surface area contributed by atoms with Crippen molar-refractivity contribution in [1.82, 2.24) is 34.3 Å². The lowest BCUT2D eigenvalue weighted by atomic mass is 10.3. The van der Waals surface area contributed by atoms with E-state index >= 15 is 0 Å². The Labute approximate surface area is 152 Å². The quantitative estimate of drug-likeness (QED) is 0.699. The molecule has 8 heteroatoms. The molecular formula is C18H24N8. The molecule has 4 heterocycles. The van der Waals surface area contributed by atoms with Crippen LogP contribution in [0.4, 0.5) is 5.95 Å². The van der Waals surface area contributed by atoms with Crippen molar-refractivity contribution in [3.8, 4) is 0 Å². The van der Waals surface area contributed by atoms with E-state index < -0.39 is 0 Å². The topological polar surface area (TPSA) is 77.0 Å². The van der Waals surface area contributed by atoms with Crippen molar-refractivity contribution >= 4 is 11.6 Å². The van der Waals surface area contributed by atoms with E-state index in [9.17, 15) is 0 Å². The van der Waals surface area contributed by atoms with Crippen LogP contribution < -0.4 is 4.90 Å². The average molecular weight is 352 g/mol. The fourth-order valence-corrected chi connectivity index (χ4v) is 3.64. The molecule has 1 aliphatic heterocycles. The summed E-state index contributed by atoms with van der Waals surface area (Å²) in [5.74, 6) is 3.68. The van der Waals surface area contributed by atoms with Crippen LogP contribution in [0.1, 0.15) is 54.8 Å². The predicted molar refractivity (Wildman–Crippen MR) is 97.4 cm³/mol. The zero-order valence-corrected chi connectivity index (χ0v) is 15.4. The fraction of sp³-hybridized carbons (Fsp3) is 0.611. The number of hydrogen-bond acceptors (Lipinski definition) is 6. The molecular weight excluding hydrogens is 328 g/mol. The number of fused-ring (bicyclic) bond motifs is 1. The first-order valence-electron chi connectivity index (χ1n) is 9.57. The molecule has 1 saturated heterocycles. The van der Waals surface area contributed by atoms with E-state index in [1.54, 1.807) is 0 Å². The zero-order chi connectivity index (χ0) is 17.7. The van der Waals surface area contributed by atoms with Gasteiger partial charge in [-0.15, -0.1) is 10.2 Å². The molecule has 0 amide bonds. The number of aromatic nitrogens is 7. The maximum atomic E-state index is 4.86. The van der Waals surface area contributed by atoms with Gasteiger partial charge in [-0.25, -0.2) is 14.6 Å². The van der Waals surface area contributed by atoms with E-state index in [1.807, 2.05) is 24.6 Å². The zero-order valence-electron chi connectivity index (χ0n) is 15.4. The fourth-order valence-electron chi connectivity index (χ4n) is 3.64. The number of hydrogen-bond donors (Lipinski definition) is 0. The van der Waals surface area contributed by atoms with E-state index in [0.717, 1.165) is 60.6 Å². The standard InChI is InChI=1S/C18H24N8/c1-12-11-19-13(2)25-17(12)20-15(22-25)7-8-16-21-18(24-9-3-4-10-24)23-26(16)14-5-6-14/h11,14H,3-10H2,1-2H3. The van der Waals surface area contributed by atoms with Crippen LogP contribution in [0.3, 0.4) is 0 Å². The molecule has 1 saturated carbocycles. The van der Waals surface area contributed by atoms with Crippen molar-refractivity contribution in [2.75, 3.05) is 18.0 Å². The number of nitrogens with zero attached hydrogens (tertiary/aromatic N) is 8. The van der Waals surface area contributed by atoms with E-state index in [0.29, 0.717) is 6.04 Å². The number of anilines is 1. The summed E-state index contributed by atoms with van der Waals surface area (Å²) in [4.78, 5) is 16.2. The Bertz CT molecular complexity index is 907. The average Bonchev–Trinajstić information content (AvgIpc) is 3.07. The monoisotopic (exact) mass is 352 g/mol. The van der Waals surface area contributed by atoms with Gasteiger partial charge in [0.25, 0.3) is 0 Å². The highest BCUT2D eigenvalue weighted by Gasteiger charge is 2.29. The Morgan fingerprint density at radius 3 is 2.58 bits per heavy atom.